The second-order valence-corrected chi connectivity index (χ2v) is 9.66. The minimum Gasteiger partial charge on any atom is -0.461 e. The van der Waals surface area contributed by atoms with Gasteiger partial charge in [0.2, 0.25) is 0 Å². The fourth-order valence-electron chi connectivity index (χ4n) is 5.69. The number of carbonyl (C=O) groups excluding carboxylic acids is 1. The lowest BCUT2D eigenvalue weighted by Gasteiger charge is -2.45. The monoisotopic (exact) mass is 355 g/mol. The van der Waals surface area contributed by atoms with E-state index < -0.39 is 0 Å². The van der Waals surface area contributed by atoms with Gasteiger partial charge < -0.3 is 4.74 Å². The average molecular weight is 356 g/mol. The molecule has 1 aromatic carbocycles. The molecule has 26 heavy (non-hydrogen) atoms. The molecule has 2 bridgehead atoms. The van der Waals surface area contributed by atoms with Crippen molar-refractivity contribution in [1.82, 2.24) is 4.90 Å². The fraction of sp³-hybridized carbons (Fsp3) is 0.696. The van der Waals surface area contributed by atoms with Gasteiger partial charge in [0.1, 0.15) is 12.1 Å². The molecule has 0 N–H and O–H groups in total. The van der Waals surface area contributed by atoms with Crippen molar-refractivity contribution in [2.24, 2.45) is 16.7 Å². The molecule has 5 unspecified atom stereocenters. The highest BCUT2D eigenvalue weighted by Crippen LogP contribution is 2.66. The number of benzene rings is 1. The maximum absolute atomic E-state index is 12.9. The number of nitrogens with zero attached hydrogens (tertiary/aromatic N) is 1. The fourth-order valence-corrected chi connectivity index (χ4v) is 5.69. The third kappa shape index (κ3) is 2.54. The molecule has 3 heteroatoms. The maximum atomic E-state index is 12.9. The summed E-state index contributed by atoms with van der Waals surface area (Å²) in [5, 5.41) is 0. The van der Waals surface area contributed by atoms with Gasteiger partial charge >= 0.3 is 5.97 Å². The number of likely N-dealkylation sites (tertiary alicyclic amines) is 1. The van der Waals surface area contributed by atoms with Crippen molar-refractivity contribution in [1.29, 1.82) is 0 Å². The van der Waals surface area contributed by atoms with Crippen LogP contribution in [0.1, 0.15) is 70.5 Å². The lowest BCUT2D eigenvalue weighted by Crippen LogP contribution is -2.55. The summed E-state index contributed by atoms with van der Waals surface area (Å²) in [5.74, 6) is 0.707. The second kappa shape index (κ2) is 6.09. The molecule has 1 heterocycles. The van der Waals surface area contributed by atoms with Gasteiger partial charge in [-0.2, -0.15) is 0 Å². The predicted molar refractivity (Wildman–Crippen MR) is 104 cm³/mol. The number of aryl methyl sites for hydroxylation is 1. The van der Waals surface area contributed by atoms with Gasteiger partial charge in [0, 0.05) is 18.0 Å². The summed E-state index contributed by atoms with van der Waals surface area (Å²) < 4.78 is 6.14. The van der Waals surface area contributed by atoms with Crippen LogP contribution in [0.5, 0.6) is 0 Å². The van der Waals surface area contributed by atoms with Crippen LogP contribution in [0.25, 0.3) is 0 Å². The summed E-state index contributed by atoms with van der Waals surface area (Å²) in [6, 6.07) is 8.85. The second-order valence-electron chi connectivity index (χ2n) is 9.66. The summed E-state index contributed by atoms with van der Waals surface area (Å²) in [4.78, 5) is 15.2. The number of ether oxygens (including phenoxy) is 1. The smallest absolute Gasteiger partial charge is 0.323 e. The van der Waals surface area contributed by atoms with E-state index in [1.807, 2.05) is 0 Å². The summed E-state index contributed by atoms with van der Waals surface area (Å²) in [6.07, 6.45) is 4.55. The number of hydrogen-bond acceptors (Lipinski definition) is 3. The Morgan fingerprint density at radius 1 is 1.19 bits per heavy atom. The van der Waals surface area contributed by atoms with E-state index in [-0.39, 0.29) is 35.0 Å². The molecule has 3 fully saturated rings. The molecular formula is C23H33NO2. The van der Waals surface area contributed by atoms with E-state index in [0.29, 0.717) is 5.92 Å². The van der Waals surface area contributed by atoms with Crippen LogP contribution < -0.4 is 0 Å². The standard InChI is InChI=1S/C23H33NO2/c1-15-6-8-17(9-7-15)16(2)24-13-11-19(24)21(25)26-20-14-18-10-12-23(20,5)22(18,3)4/h6-9,16,18-20H,10-14H2,1-5H3. The van der Waals surface area contributed by atoms with Crippen LogP contribution in [0.3, 0.4) is 0 Å². The minimum absolute atomic E-state index is 0.00443. The van der Waals surface area contributed by atoms with E-state index in [2.05, 4.69) is 63.8 Å². The SMILES string of the molecule is Cc1ccc(C(C)N2CCC2C(=O)OC2CC3CCC2(C)C3(C)C)cc1. The highest BCUT2D eigenvalue weighted by Gasteiger charge is 2.63. The molecule has 1 aromatic rings. The zero-order chi connectivity index (χ0) is 18.7. The van der Waals surface area contributed by atoms with Gasteiger partial charge in [-0.25, -0.2) is 0 Å². The van der Waals surface area contributed by atoms with Crippen LogP contribution in [-0.2, 0) is 9.53 Å². The summed E-state index contributed by atoms with van der Waals surface area (Å²) in [6.45, 7) is 12.4. The Hall–Kier alpha value is -1.35. The topological polar surface area (TPSA) is 29.5 Å². The maximum Gasteiger partial charge on any atom is 0.323 e. The first-order valence-corrected chi connectivity index (χ1v) is 10.3. The number of esters is 1. The van der Waals surface area contributed by atoms with Crippen LogP contribution in [0.2, 0.25) is 0 Å². The molecule has 0 amide bonds. The van der Waals surface area contributed by atoms with E-state index in [1.54, 1.807) is 0 Å². The molecule has 3 aliphatic rings. The van der Waals surface area contributed by atoms with Crippen molar-refractivity contribution in [2.75, 3.05) is 6.54 Å². The Kier molecular flexibility index (Phi) is 4.22. The zero-order valence-electron chi connectivity index (χ0n) is 16.9. The number of hydrogen-bond donors (Lipinski definition) is 0. The Morgan fingerprint density at radius 2 is 1.88 bits per heavy atom. The molecule has 3 nitrogen and oxygen atoms in total. The third-order valence-electron chi connectivity index (χ3n) is 8.36. The molecule has 2 saturated carbocycles. The molecular weight excluding hydrogens is 322 g/mol. The van der Waals surface area contributed by atoms with E-state index in [0.717, 1.165) is 19.4 Å². The Morgan fingerprint density at radius 3 is 2.38 bits per heavy atom. The van der Waals surface area contributed by atoms with Gasteiger partial charge in [0.05, 0.1) is 0 Å². The molecule has 0 aromatic heterocycles. The Balaban J connectivity index is 1.42. The van der Waals surface area contributed by atoms with E-state index in [9.17, 15) is 4.79 Å². The van der Waals surface area contributed by atoms with Crippen molar-refractivity contribution >= 4 is 5.97 Å². The third-order valence-corrected chi connectivity index (χ3v) is 8.36. The van der Waals surface area contributed by atoms with Gasteiger partial charge in [0.15, 0.2) is 0 Å². The highest BCUT2D eigenvalue weighted by molar-refractivity contribution is 5.77. The Bertz CT molecular complexity index is 695. The normalized spacial score (nSPS) is 36.6. The lowest BCUT2D eigenvalue weighted by molar-refractivity contribution is -0.170. The Labute approximate surface area is 158 Å². The first-order valence-electron chi connectivity index (χ1n) is 10.3. The molecule has 142 valence electrons. The average Bonchev–Trinajstić information content (AvgIpc) is 2.87. The van der Waals surface area contributed by atoms with Crippen LogP contribution in [0.15, 0.2) is 24.3 Å². The predicted octanol–water partition coefficient (Wildman–Crippen LogP) is 4.89. The number of rotatable bonds is 4. The van der Waals surface area contributed by atoms with Gasteiger partial charge in [-0.3, -0.25) is 9.69 Å². The van der Waals surface area contributed by atoms with Gasteiger partial charge in [0.25, 0.3) is 0 Å². The van der Waals surface area contributed by atoms with E-state index in [4.69, 9.17) is 4.74 Å². The van der Waals surface area contributed by atoms with Crippen LogP contribution in [0.4, 0.5) is 0 Å². The molecule has 1 aliphatic heterocycles. The first kappa shape index (κ1) is 18.0. The quantitative estimate of drug-likeness (QED) is 0.720. The molecule has 5 atom stereocenters. The van der Waals surface area contributed by atoms with Gasteiger partial charge in [-0.05, 0) is 56.4 Å². The first-order chi connectivity index (χ1) is 12.2. The van der Waals surface area contributed by atoms with Crippen LogP contribution in [-0.4, -0.2) is 29.6 Å². The highest BCUT2D eigenvalue weighted by atomic mass is 16.5. The molecule has 0 radical (unpaired) electrons. The van der Waals surface area contributed by atoms with E-state index >= 15 is 0 Å². The van der Waals surface area contributed by atoms with Crippen molar-refractivity contribution in [3.8, 4) is 0 Å². The van der Waals surface area contributed by atoms with Crippen molar-refractivity contribution in [3.63, 3.8) is 0 Å². The number of carbonyl (C=O) groups is 1. The minimum atomic E-state index is -0.0721. The molecule has 2 aliphatic carbocycles. The summed E-state index contributed by atoms with van der Waals surface area (Å²) in [5.41, 5.74) is 2.98. The van der Waals surface area contributed by atoms with Gasteiger partial charge in [-0.1, -0.05) is 50.6 Å². The van der Waals surface area contributed by atoms with Crippen LogP contribution in [0, 0.1) is 23.7 Å². The largest absolute Gasteiger partial charge is 0.461 e. The van der Waals surface area contributed by atoms with Crippen molar-refractivity contribution in [2.45, 2.75) is 78.5 Å². The van der Waals surface area contributed by atoms with Crippen molar-refractivity contribution in [3.05, 3.63) is 35.4 Å². The summed E-state index contributed by atoms with van der Waals surface area (Å²) in [7, 11) is 0. The lowest BCUT2D eigenvalue weighted by atomic mass is 9.70. The van der Waals surface area contributed by atoms with Crippen LogP contribution >= 0.6 is 0 Å². The van der Waals surface area contributed by atoms with Gasteiger partial charge in [-0.15, -0.1) is 0 Å². The molecule has 4 rings (SSSR count). The van der Waals surface area contributed by atoms with Crippen molar-refractivity contribution < 1.29 is 9.53 Å². The number of fused-ring (bicyclic) bond motifs is 2. The zero-order valence-corrected chi connectivity index (χ0v) is 16.9. The molecule has 0 spiro atoms. The van der Waals surface area contributed by atoms with E-state index in [1.165, 1.54) is 24.0 Å². The summed E-state index contributed by atoms with van der Waals surface area (Å²) >= 11 is 0. The molecule has 1 saturated heterocycles.